The van der Waals surface area contributed by atoms with E-state index in [0.29, 0.717) is 19.8 Å². The van der Waals surface area contributed by atoms with Crippen molar-refractivity contribution >= 4 is 5.91 Å². The first kappa shape index (κ1) is 17.4. The number of amides is 1. The highest BCUT2D eigenvalue weighted by atomic mass is 16.5. The monoisotopic (exact) mass is 331 g/mol. The van der Waals surface area contributed by atoms with E-state index in [1.54, 1.807) is 0 Å². The molecule has 24 heavy (non-hydrogen) atoms. The van der Waals surface area contributed by atoms with Gasteiger partial charge in [0.25, 0.3) is 0 Å². The Morgan fingerprint density at radius 3 is 2.96 bits per heavy atom. The van der Waals surface area contributed by atoms with Gasteiger partial charge in [0.05, 0.1) is 13.2 Å². The van der Waals surface area contributed by atoms with Crippen LogP contribution in [0.4, 0.5) is 0 Å². The lowest BCUT2D eigenvalue weighted by Gasteiger charge is -2.31. The molecular formula is C19H29N3O2. The van der Waals surface area contributed by atoms with Gasteiger partial charge in [-0.1, -0.05) is 31.2 Å². The van der Waals surface area contributed by atoms with Crippen LogP contribution in [-0.2, 0) is 22.6 Å². The Balaban J connectivity index is 1.56. The molecule has 2 N–H and O–H groups in total. The zero-order valence-electron chi connectivity index (χ0n) is 14.6. The number of piperidine rings is 1. The van der Waals surface area contributed by atoms with Crippen molar-refractivity contribution in [2.45, 2.75) is 38.9 Å². The minimum atomic E-state index is -0.228. The van der Waals surface area contributed by atoms with E-state index in [0.717, 1.165) is 19.0 Å². The number of carbonyl (C=O) groups excluding carboxylic acids is 1. The fourth-order valence-corrected chi connectivity index (χ4v) is 3.59. The third-order valence-electron chi connectivity index (χ3n) is 4.94. The molecule has 0 saturated carbocycles. The second-order valence-corrected chi connectivity index (χ2v) is 7.05. The number of hydrogen-bond acceptors (Lipinski definition) is 4. The lowest BCUT2D eigenvalue weighted by Crippen LogP contribution is -2.51. The molecule has 132 valence electrons. The van der Waals surface area contributed by atoms with Crippen LogP contribution in [-0.4, -0.2) is 49.7 Å². The first-order valence-corrected chi connectivity index (χ1v) is 9.10. The molecule has 5 nitrogen and oxygen atoms in total. The van der Waals surface area contributed by atoms with E-state index >= 15 is 0 Å². The highest BCUT2D eigenvalue weighted by molar-refractivity contribution is 5.82. The van der Waals surface area contributed by atoms with E-state index in [4.69, 9.17) is 4.74 Å². The Labute approximate surface area is 144 Å². The first-order valence-electron chi connectivity index (χ1n) is 9.10. The minimum absolute atomic E-state index is 0.0242. The van der Waals surface area contributed by atoms with Crippen LogP contribution in [0.1, 0.15) is 30.9 Å². The lowest BCUT2D eigenvalue weighted by molar-refractivity contribution is -0.126. The summed E-state index contributed by atoms with van der Waals surface area (Å²) in [6.45, 7) is 8.11. The molecule has 0 spiro atoms. The predicted molar refractivity (Wildman–Crippen MR) is 94.6 cm³/mol. The largest absolute Gasteiger partial charge is 0.378 e. The number of nitrogens with zero attached hydrogens (tertiary/aromatic N) is 1. The number of likely N-dealkylation sites (tertiary alicyclic amines) is 1. The summed E-state index contributed by atoms with van der Waals surface area (Å²) >= 11 is 0. The van der Waals surface area contributed by atoms with Crippen LogP contribution in [0.15, 0.2) is 24.3 Å². The molecule has 0 aromatic heterocycles. The SMILES string of the molecule is CC1CCCN(Cc2ccccc2CNC(=O)C2COCCN2)C1. The van der Waals surface area contributed by atoms with Gasteiger partial charge >= 0.3 is 0 Å². The highest BCUT2D eigenvalue weighted by Gasteiger charge is 2.21. The van der Waals surface area contributed by atoms with Gasteiger partial charge in [0.15, 0.2) is 0 Å². The number of carbonyl (C=O) groups is 1. The Hall–Kier alpha value is -1.43. The average Bonchev–Trinajstić information content (AvgIpc) is 2.61. The smallest absolute Gasteiger partial charge is 0.239 e. The van der Waals surface area contributed by atoms with Crippen LogP contribution in [0.25, 0.3) is 0 Å². The molecule has 1 aromatic rings. The van der Waals surface area contributed by atoms with Gasteiger partial charge in [-0.3, -0.25) is 9.69 Å². The maximum Gasteiger partial charge on any atom is 0.239 e. The van der Waals surface area contributed by atoms with Crippen LogP contribution < -0.4 is 10.6 Å². The van der Waals surface area contributed by atoms with Crippen LogP contribution >= 0.6 is 0 Å². The van der Waals surface area contributed by atoms with E-state index in [1.165, 1.54) is 37.1 Å². The summed E-state index contributed by atoms with van der Waals surface area (Å²) in [7, 11) is 0. The molecule has 2 saturated heterocycles. The Bertz CT molecular complexity index is 543. The van der Waals surface area contributed by atoms with E-state index < -0.39 is 0 Å². The standard InChI is InChI=1S/C19H29N3O2/c1-15-5-4-9-22(12-15)13-17-7-3-2-6-16(17)11-21-19(23)18-14-24-10-8-20-18/h2-3,6-7,15,18,20H,4-5,8-14H2,1H3,(H,21,23). The van der Waals surface area contributed by atoms with Gasteiger partial charge in [-0.15, -0.1) is 0 Å². The summed E-state index contributed by atoms with van der Waals surface area (Å²) in [4.78, 5) is 14.8. The third kappa shape index (κ3) is 4.79. The van der Waals surface area contributed by atoms with E-state index in [1.807, 2.05) is 6.07 Å². The van der Waals surface area contributed by atoms with Gasteiger partial charge in [0.2, 0.25) is 5.91 Å². The maximum absolute atomic E-state index is 12.3. The molecule has 2 unspecified atom stereocenters. The van der Waals surface area contributed by atoms with Crippen LogP contribution in [0, 0.1) is 5.92 Å². The van der Waals surface area contributed by atoms with E-state index in [9.17, 15) is 4.79 Å². The summed E-state index contributed by atoms with van der Waals surface area (Å²) < 4.78 is 5.36. The number of rotatable bonds is 5. The van der Waals surface area contributed by atoms with Crippen LogP contribution in [0.3, 0.4) is 0 Å². The number of nitrogens with one attached hydrogen (secondary N) is 2. The summed E-state index contributed by atoms with van der Waals surface area (Å²) in [5.41, 5.74) is 2.53. The van der Waals surface area contributed by atoms with Crippen molar-refractivity contribution < 1.29 is 9.53 Å². The second kappa shape index (κ2) is 8.60. The van der Waals surface area contributed by atoms with Crippen molar-refractivity contribution in [3.05, 3.63) is 35.4 Å². The fraction of sp³-hybridized carbons (Fsp3) is 0.632. The van der Waals surface area contributed by atoms with Crippen molar-refractivity contribution in [1.29, 1.82) is 0 Å². The molecule has 2 aliphatic rings. The summed E-state index contributed by atoms with van der Waals surface area (Å²) in [5.74, 6) is 0.805. The number of morpholine rings is 1. The van der Waals surface area contributed by atoms with Gasteiger partial charge in [-0.2, -0.15) is 0 Å². The van der Waals surface area contributed by atoms with E-state index in [2.05, 4.69) is 40.7 Å². The normalized spacial score (nSPS) is 25.4. The minimum Gasteiger partial charge on any atom is -0.378 e. The molecule has 2 heterocycles. The zero-order valence-corrected chi connectivity index (χ0v) is 14.6. The summed E-state index contributed by atoms with van der Waals surface area (Å²) in [6, 6.07) is 8.21. The lowest BCUT2D eigenvalue weighted by atomic mass is 9.99. The van der Waals surface area contributed by atoms with Gasteiger partial charge in [0.1, 0.15) is 6.04 Å². The Morgan fingerprint density at radius 2 is 2.21 bits per heavy atom. The van der Waals surface area contributed by atoms with E-state index in [-0.39, 0.29) is 11.9 Å². The quantitative estimate of drug-likeness (QED) is 0.859. The van der Waals surface area contributed by atoms with Crippen molar-refractivity contribution in [3.8, 4) is 0 Å². The van der Waals surface area contributed by atoms with Crippen molar-refractivity contribution in [2.75, 3.05) is 32.8 Å². The molecule has 2 atom stereocenters. The summed E-state index contributed by atoms with van der Waals surface area (Å²) in [6.07, 6.45) is 2.62. The average molecular weight is 331 g/mol. The highest BCUT2D eigenvalue weighted by Crippen LogP contribution is 2.19. The topological polar surface area (TPSA) is 53.6 Å². The van der Waals surface area contributed by atoms with Crippen molar-refractivity contribution in [1.82, 2.24) is 15.5 Å². The molecule has 2 fully saturated rings. The molecule has 1 amide bonds. The first-order chi connectivity index (χ1) is 11.7. The van der Waals surface area contributed by atoms with Crippen molar-refractivity contribution in [2.24, 2.45) is 5.92 Å². The number of hydrogen-bond donors (Lipinski definition) is 2. The third-order valence-corrected chi connectivity index (χ3v) is 4.94. The predicted octanol–water partition coefficient (Wildman–Crippen LogP) is 1.52. The molecule has 0 bridgehead atoms. The van der Waals surface area contributed by atoms with Gasteiger partial charge in [-0.25, -0.2) is 0 Å². The Morgan fingerprint density at radius 1 is 1.38 bits per heavy atom. The van der Waals surface area contributed by atoms with Crippen molar-refractivity contribution in [3.63, 3.8) is 0 Å². The molecule has 3 rings (SSSR count). The van der Waals surface area contributed by atoms with Gasteiger partial charge < -0.3 is 15.4 Å². The molecule has 0 radical (unpaired) electrons. The Kier molecular flexibility index (Phi) is 6.24. The number of benzene rings is 1. The van der Waals surface area contributed by atoms with Crippen LogP contribution in [0.2, 0.25) is 0 Å². The molecule has 1 aromatic carbocycles. The van der Waals surface area contributed by atoms with Crippen LogP contribution in [0.5, 0.6) is 0 Å². The van der Waals surface area contributed by atoms with Gasteiger partial charge in [0, 0.05) is 26.2 Å². The van der Waals surface area contributed by atoms with Gasteiger partial charge in [-0.05, 0) is 36.4 Å². The second-order valence-electron chi connectivity index (χ2n) is 7.05. The molecule has 0 aliphatic carbocycles. The fourth-order valence-electron chi connectivity index (χ4n) is 3.59. The zero-order chi connectivity index (χ0) is 16.8. The molecular weight excluding hydrogens is 302 g/mol. The molecule has 2 aliphatic heterocycles. The maximum atomic E-state index is 12.3. The number of ether oxygens (including phenoxy) is 1. The summed E-state index contributed by atoms with van der Waals surface area (Å²) in [5, 5.41) is 6.25. The molecule has 5 heteroatoms.